The Labute approximate surface area is 162 Å². The molecule has 0 N–H and O–H groups in total. The standard InChI is InChI=1S/C23H20O3S/c1-14-4-5-15(2)17(10-14)13-25-18-6-7-19-20(11-18)26-21(23(19)24)12-22-16(3)8-9-27-22/h4-12H,13H2,1-3H3/b21-12-. The molecule has 27 heavy (non-hydrogen) atoms. The predicted octanol–water partition coefficient (Wildman–Crippen LogP) is 5.87. The predicted molar refractivity (Wildman–Crippen MR) is 109 cm³/mol. The number of aryl methyl sites for hydroxylation is 3. The molecule has 4 rings (SSSR count). The normalized spacial score (nSPS) is 14.3. The molecule has 0 bridgehead atoms. The largest absolute Gasteiger partial charge is 0.489 e. The van der Waals surface area contributed by atoms with E-state index < -0.39 is 0 Å². The van der Waals surface area contributed by atoms with Crippen LogP contribution in [0.3, 0.4) is 0 Å². The first-order chi connectivity index (χ1) is 13.0. The molecule has 0 spiro atoms. The molecule has 2 heterocycles. The van der Waals surface area contributed by atoms with Gasteiger partial charge in [0.15, 0.2) is 5.76 Å². The van der Waals surface area contributed by atoms with E-state index in [0.717, 1.165) is 16.0 Å². The van der Waals surface area contributed by atoms with Crippen molar-refractivity contribution in [3.8, 4) is 11.5 Å². The van der Waals surface area contributed by atoms with Gasteiger partial charge in [-0.2, -0.15) is 0 Å². The Morgan fingerprint density at radius 1 is 1.04 bits per heavy atom. The van der Waals surface area contributed by atoms with Crippen molar-refractivity contribution in [1.29, 1.82) is 0 Å². The lowest BCUT2D eigenvalue weighted by Gasteiger charge is -2.10. The van der Waals surface area contributed by atoms with Crippen molar-refractivity contribution >= 4 is 23.2 Å². The van der Waals surface area contributed by atoms with Crippen molar-refractivity contribution in [1.82, 2.24) is 0 Å². The van der Waals surface area contributed by atoms with Crippen molar-refractivity contribution in [2.75, 3.05) is 0 Å². The average molecular weight is 376 g/mol. The zero-order valence-electron chi connectivity index (χ0n) is 15.5. The minimum atomic E-state index is -0.0844. The lowest BCUT2D eigenvalue weighted by atomic mass is 10.1. The summed E-state index contributed by atoms with van der Waals surface area (Å²) in [7, 11) is 0. The van der Waals surface area contributed by atoms with Crippen LogP contribution in [0.4, 0.5) is 0 Å². The molecule has 0 atom stereocenters. The van der Waals surface area contributed by atoms with E-state index in [1.54, 1.807) is 23.5 Å². The quantitative estimate of drug-likeness (QED) is 0.534. The molecular formula is C23H20O3S. The number of carbonyl (C=O) groups excluding carboxylic acids is 1. The fourth-order valence-corrected chi connectivity index (χ4v) is 3.87. The zero-order valence-corrected chi connectivity index (χ0v) is 16.4. The minimum absolute atomic E-state index is 0.0844. The van der Waals surface area contributed by atoms with Gasteiger partial charge in [0.05, 0.1) is 5.56 Å². The summed E-state index contributed by atoms with van der Waals surface area (Å²) in [5, 5.41) is 2.01. The monoisotopic (exact) mass is 376 g/mol. The van der Waals surface area contributed by atoms with Crippen LogP contribution in [0.25, 0.3) is 6.08 Å². The average Bonchev–Trinajstić information content (AvgIpc) is 3.19. The van der Waals surface area contributed by atoms with Crippen LogP contribution in [0.1, 0.15) is 37.5 Å². The van der Waals surface area contributed by atoms with E-state index in [4.69, 9.17) is 9.47 Å². The van der Waals surface area contributed by atoms with Gasteiger partial charge in [-0.3, -0.25) is 4.79 Å². The molecule has 2 aromatic carbocycles. The lowest BCUT2D eigenvalue weighted by Crippen LogP contribution is -1.99. The highest BCUT2D eigenvalue weighted by molar-refractivity contribution is 7.11. The maximum Gasteiger partial charge on any atom is 0.232 e. The van der Waals surface area contributed by atoms with E-state index in [0.29, 0.717) is 29.4 Å². The van der Waals surface area contributed by atoms with E-state index >= 15 is 0 Å². The Morgan fingerprint density at radius 2 is 1.89 bits per heavy atom. The van der Waals surface area contributed by atoms with Crippen molar-refractivity contribution in [3.63, 3.8) is 0 Å². The highest BCUT2D eigenvalue weighted by atomic mass is 32.1. The molecule has 0 radical (unpaired) electrons. The van der Waals surface area contributed by atoms with Gasteiger partial charge in [-0.1, -0.05) is 23.8 Å². The van der Waals surface area contributed by atoms with Crippen LogP contribution in [-0.4, -0.2) is 5.78 Å². The lowest BCUT2D eigenvalue weighted by molar-refractivity contribution is 0.101. The van der Waals surface area contributed by atoms with Gasteiger partial charge in [-0.15, -0.1) is 11.3 Å². The summed E-state index contributed by atoms with van der Waals surface area (Å²) in [5.41, 5.74) is 5.28. The topological polar surface area (TPSA) is 35.5 Å². The second-order valence-corrected chi connectivity index (χ2v) is 7.73. The van der Waals surface area contributed by atoms with Crippen molar-refractivity contribution < 1.29 is 14.3 Å². The molecule has 0 saturated heterocycles. The third-order valence-corrected chi connectivity index (χ3v) is 5.67. The highest BCUT2D eigenvalue weighted by Crippen LogP contribution is 2.35. The molecule has 0 unspecified atom stereocenters. The Kier molecular flexibility index (Phi) is 4.58. The van der Waals surface area contributed by atoms with E-state index in [2.05, 4.69) is 32.0 Å². The molecule has 1 aliphatic rings. The zero-order chi connectivity index (χ0) is 19.0. The van der Waals surface area contributed by atoms with Crippen LogP contribution >= 0.6 is 11.3 Å². The minimum Gasteiger partial charge on any atom is -0.489 e. The fraction of sp³-hybridized carbons (Fsp3) is 0.174. The van der Waals surface area contributed by atoms with Gasteiger partial charge in [-0.05, 0) is 61.0 Å². The van der Waals surface area contributed by atoms with Crippen molar-refractivity contribution in [2.24, 2.45) is 0 Å². The Bertz CT molecular complexity index is 1060. The third-order valence-electron chi connectivity index (χ3n) is 4.70. The molecule has 0 fully saturated rings. The van der Waals surface area contributed by atoms with E-state index in [-0.39, 0.29) is 5.78 Å². The molecule has 4 heteroatoms. The molecule has 1 aliphatic heterocycles. The summed E-state index contributed by atoms with van der Waals surface area (Å²) in [6.07, 6.45) is 1.82. The summed E-state index contributed by atoms with van der Waals surface area (Å²) >= 11 is 1.60. The number of Topliss-reactive ketones (excluding diaryl/α,β-unsaturated/α-hetero) is 1. The van der Waals surface area contributed by atoms with Gasteiger partial charge in [-0.25, -0.2) is 0 Å². The molecule has 3 aromatic rings. The first kappa shape index (κ1) is 17.6. The third kappa shape index (κ3) is 3.53. The van der Waals surface area contributed by atoms with Gasteiger partial charge in [0.1, 0.15) is 18.1 Å². The number of hydrogen-bond acceptors (Lipinski definition) is 4. The van der Waals surface area contributed by atoms with Crippen LogP contribution < -0.4 is 9.47 Å². The number of benzene rings is 2. The van der Waals surface area contributed by atoms with Crippen LogP contribution in [0.5, 0.6) is 11.5 Å². The van der Waals surface area contributed by atoms with Crippen LogP contribution in [0.2, 0.25) is 0 Å². The van der Waals surface area contributed by atoms with Gasteiger partial charge in [0, 0.05) is 17.0 Å². The molecule has 0 saturated carbocycles. The first-order valence-corrected chi connectivity index (χ1v) is 9.70. The smallest absolute Gasteiger partial charge is 0.232 e. The molecule has 0 amide bonds. The van der Waals surface area contributed by atoms with E-state index in [9.17, 15) is 4.79 Å². The first-order valence-electron chi connectivity index (χ1n) is 8.82. The van der Waals surface area contributed by atoms with Crippen molar-refractivity contribution in [3.05, 3.63) is 86.3 Å². The van der Waals surface area contributed by atoms with Crippen LogP contribution in [0, 0.1) is 20.8 Å². The number of ketones is 1. The Hall–Kier alpha value is -2.85. The number of hydrogen-bond donors (Lipinski definition) is 0. The molecule has 0 aliphatic carbocycles. The molecular weight excluding hydrogens is 356 g/mol. The van der Waals surface area contributed by atoms with Gasteiger partial charge >= 0.3 is 0 Å². The second-order valence-electron chi connectivity index (χ2n) is 6.78. The molecule has 136 valence electrons. The van der Waals surface area contributed by atoms with Gasteiger partial charge < -0.3 is 9.47 Å². The maximum absolute atomic E-state index is 12.6. The number of allylic oxidation sites excluding steroid dienone is 1. The second kappa shape index (κ2) is 7.05. The Morgan fingerprint density at radius 3 is 2.67 bits per heavy atom. The number of fused-ring (bicyclic) bond motifs is 1. The summed E-state index contributed by atoms with van der Waals surface area (Å²) < 4.78 is 11.8. The summed E-state index contributed by atoms with van der Waals surface area (Å²) in [4.78, 5) is 13.6. The summed E-state index contributed by atoms with van der Waals surface area (Å²) in [6.45, 7) is 6.65. The number of carbonyl (C=O) groups is 1. The van der Waals surface area contributed by atoms with Gasteiger partial charge in [0.25, 0.3) is 0 Å². The van der Waals surface area contributed by atoms with E-state index in [1.807, 2.05) is 30.5 Å². The molecule has 1 aromatic heterocycles. The summed E-state index contributed by atoms with van der Waals surface area (Å²) in [6, 6.07) is 13.7. The number of ether oxygens (including phenoxy) is 2. The Balaban J connectivity index is 1.53. The van der Waals surface area contributed by atoms with E-state index in [1.165, 1.54) is 11.1 Å². The fourth-order valence-electron chi connectivity index (χ4n) is 3.03. The number of thiophene rings is 1. The maximum atomic E-state index is 12.6. The summed E-state index contributed by atoms with van der Waals surface area (Å²) in [5.74, 6) is 1.52. The highest BCUT2D eigenvalue weighted by Gasteiger charge is 2.28. The number of rotatable bonds is 4. The van der Waals surface area contributed by atoms with Crippen LogP contribution in [0.15, 0.2) is 53.6 Å². The molecule has 3 nitrogen and oxygen atoms in total. The van der Waals surface area contributed by atoms with Gasteiger partial charge in [0.2, 0.25) is 5.78 Å². The SMILES string of the molecule is Cc1ccc(C)c(COc2ccc3c(c2)O/C(=C\c2sccc2C)C3=O)c1. The van der Waals surface area contributed by atoms with Crippen molar-refractivity contribution in [2.45, 2.75) is 27.4 Å². The van der Waals surface area contributed by atoms with Crippen LogP contribution in [-0.2, 0) is 6.61 Å².